The minimum atomic E-state index is -4.74. The average molecular weight is 460 g/mol. The monoisotopic (exact) mass is 459 g/mol. The Morgan fingerprint density at radius 3 is 2.44 bits per heavy atom. The van der Waals surface area contributed by atoms with Crippen LogP contribution in [0.25, 0.3) is 11.0 Å². The standard InChI is InChI=1S/C17H13BrF3N3O2S/c1-10-2-5-12(6-3-10)27(25,26)24-15(17(19,20)21)9-23-14-7-4-11(18)8-13(14)22-16(23)24/h2-8,15H,9H2,1H3. The van der Waals surface area contributed by atoms with Gasteiger partial charge in [0.15, 0.2) is 6.04 Å². The van der Waals surface area contributed by atoms with Gasteiger partial charge in [0.25, 0.3) is 10.0 Å². The van der Waals surface area contributed by atoms with E-state index in [0.717, 1.165) is 5.56 Å². The molecule has 3 aromatic rings. The number of imidazole rings is 1. The summed E-state index contributed by atoms with van der Waals surface area (Å²) in [4.78, 5) is 3.98. The van der Waals surface area contributed by atoms with E-state index in [9.17, 15) is 21.6 Å². The number of anilines is 1. The molecule has 0 saturated heterocycles. The van der Waals surface area contributed by atoms with Crippen LogP contribution in [-0.4, -0.2) is 30.2 Å². The first-order chi connectivity index (χ1) is 12.6. The molecule has 0 saturated carbocycles. The fourth-order valence-corrected chi connectivity index (χ4v) is 5.09. The first-order valence-corrected chi connectivity index (χ1v) is 10.2. The van der Waals surface area contributed by atoms with Gasteiger partial charge in [-0.25, -0.2) is 17.7 Å². The molecule has 0 bridgehead atoms. The molecule has 4 rings (SSSR count). The van der Waals surface area contributed by atoms with Gasteiger partial charge in [-0.1, -0.05) is 33.6 Å². The predicted octanol–water partition coefficient (Wildman–Crippen LogP) is 4.25. The van der Waals surface area contributed by atoms with Crippen LogP contribution in [0.4, 0.5) is 19.1 Å². The van der Waals surface area contributed by atoms with Crippen molar-refractivity contribution in [2.45, 2.75) is 30.6 Å². The van der Waals surface area contributed by atoms with Gasteiger partial charge >= 0.3 is 6.18 Å². The number of benzene rings is 2. The molecule has 0 amide bonds. The molecule has 2 heterocycles. The van der Waals surface area contributed by atoms with E-state index in [2.05, 4.69) is 20.9 Å². The second-order valence-corrected chi connectivity index (χ2v) is 9.06. The van der Waals surface area contributed by atoms with Crippen LogP contribution in [-0.2, 0) is 16.6 Å². The Morgan fingerprint density at radius 2 is 1.81 bits per heavy atom. The van der Waals surface area contributed by atoms with Gasteiger partial charge in [-0.15, -0.1) is 0 Å². The van der Waals surface area contributed by atoms with Crippen molar-refractivity contribution >= 4 is 42.9 Å². The summed E-state index contributed by atoms with van der Waals surface area (Å²) in [5.74, 6) is -0.231. The van der Waals surface area contributed by atoms with Gasteiger partial charge in [-0.2, -0.15) is 13.2 Å². The van der Waals surface area contributed by atoms with Gasteiger partial charge in [0.05, 0.1) is 22.5 Å². The van der Waals surface area contributed by atoms with E-state index in [1.165, 1.54) is 16.7 Å². The lowest BCUT2D eigenvalue weighted by Crippen LogP contribution is -2.47. The molecule has 0 fully saturated rings. The predicted molar refractivity (Wildman–Crippen MR) is 98.1 cm³/mol. The highest BCUT2D eigenvalue weighted by molar-refractivity contribution is 9.10. The minimum Gasteiger partial charge on any atom is -0.307 e. The van der Waals surface area contributed by atoms with E-state index in [4.69, 9.17) is 0 Å². The topological polar surface area (TPSA) is 55.2 Å². The quantitative estimate of drug-likeness (QED) is 0.575. The van der Waals surface area contributed by atoms with E-state index in [1.807, 2.05) is 0 Å². The molecule has 1 unspecified atom stereocenters. The molecule has 0 aliphatic carbocycles. The number of fused-ring (bicyclic) bond motifs is 3. The molecule has 142 valence electrons. The Balaban J connectivity index is 1.93. The zero-order valence-corrected chi connectivity index (χ0v) is 16.3. The molecule has 0 spiro atoms. The van der Waals surface area contributed by atoms with Crippen molar-refractivity contribution < 1.29 is 21.6 Å². The normalized spacial score (nSPS) is 17.5. The van der Waals surface area contributed by atoms with E-state index in [0.29, 0.717) is 19.8 Å². The molecule has 27 heavy (non-hydrogen) atoms. The van der Waals surface area contributed by atoms with Crippen molar-refractivity contribution in [3.63, 3.8) is 0 Å². The van der Waals surface area contributed by atoms with Crippen molar-refractivity contribution in [1.82, 2.24) is 9.55 Å². The van der Waals surface area contributed by atoms with Gasteiger partial charge in [0.2, 0.25) is 5.95 Å². The summed E-state index contributed by atoms with van der Waals surface area (Å²) in [7, 11) is -4.44. The number of sulfonamides is 1. The Hall–Kier alpha value is -2.07. The van der Waals surface area contributed by atoms with Crippen LogP contribution in [0.15, 0.2) is 51.8 Å². The summed E-state index contributed by atoms with van der Waals surface area (Å²) >= 11 is 3.29. The minimum absolute atomic E-state index is 0.205. The molecule has 0 radical (unpaired) electrons. The van der Waals surface area contributed by atoms with Crippen LogP contribution in [0.3, 0.4) is 0 Å². The second kappa shape index (κ2) is 5.96. The summed E-state index contributed by atoms with van der Waals surface area (Å²) in [5, 5.41) is 0. The maximum Gasteiger partial charge on any atom is 0.411 e. The molecule has 5 nitrogen and oxygen atoms in total. The summed E-state index contributed by atoms with van der Waals surface area (Å²) in [6.45, 7) is 1.23. The van der Waals surface area contributed by atoms with Crippen LogP contribution < -0.4 is 4.31 Å². The first-order valence-electron chi connectivity index (χ1n) is 7.92. The Bertz CT molecular complexity index is 1140. The number of hydrogen-bond acceptors (Lipinski definition) is 3. The van der Waals surface area contributed by atoms with Crippen LogP contribution in [0.2, 0.25) is 0 Å². The van der Waals surface area contributed by atoms with E-state index >= 15 is 0 Å². The van der Waals surface area contributed by atoms with E-state index in [1.54, 1.807) is 37.3 Å². The Kier molecular flexibility index (Phi) is 4.04. The van der Waals surface area contributed by atoms with Crippen LogP contribution in [0, 0.1) is 6.92 Å². The van der Waals surface area contributed by atoms with E-state index in [-0.39, 0.29) is 10.8 Å². The third kappa shape index (κ3) is 2.91. The number of nitrogens with zero attached hydrogens (tertiary/aromatic N) is 3. The van der Waals surface area contributed by atoms with Gasteiger partial charge in [0.1, 0.15) is 0 Å². The fourth-order valence-electron chi connectivity index (χ4n) is 3.16. The summed E-state index contributed by atoms with van der Waals surface area (Å²) in [6.07, 6.45) is -4.74. The average Bonchev–Trinajstić information content (AvgIpc) is 3.10. The number of aryl methyl sites for hydroxylation is 1. The van der Waals surface area contributed by atoms with Crippen LogP contribution in [0.1, 0.15) is 5.56 Å². The molecular weight excluding hydrogens is 447 g/mol. The molecule has 2 aromatic carbocycles. The highest BCUT2D eigenvalue weighted by Crippen LogP contribution is 2.41. The largest absolute Gasteiger partial charge is 0.411 e. The lowest BCUT2D eigenvalue weighted by molar-refractivity contribution is -0.145. The maximum absolute atomic E-state index is 13.7. The number of halogens is 4. The molecule has 0 N–H and O–H groups in total. The number of aromatic nitrogens is 2. The molecule has 1 atom stereocenters. The number of hydrogen-bond donors (Lipinski definition) is 0. The lowest BCUT2D eigenvalue weighted by atomic mass is 10.2. The molecule has 1 aliphatic rings. The smallest absolute Gasteiger partial charge is 0.307 e. The van der Waals surface area contributed by atoms with Crippen molar-refractivity contribution in [2.24, 2.45) is 0 Å². The molecular formula is C17H13BrF3N3O2S. The summed E-state index contributed by atoms with van der Waals surface area (Å²) in [6, 6.07) is 8.43. The van der Waals surface area contributed by atoms with Gasteiger partial charge in [-0.05, 0) is 37.3 Å². The van der Waals surface area contributed by atoms with Gasteiger partial charge in [0, 0.05) is 4.47 Å². The lowest BCUT2D eigenvalue weighted by Gasteiger charge is -2.26. The van der Waals surface area contributed by atoms with Crippen molar-refractivity contribution in [3.8, 4) is 0 Å². The van der Waals surface area contributed by atoms with Crippen molar-refractivity contribution in [1.29, 1.82) is 0 Å². The van der Waals surface area contributed by atoms with Gasteiger partial charge in [-0.3, -0.25) is 0 Å². The molecule has 10 heteroatoms. The van der Waals surface area contributed by atoms with Crippen LogP contribution >= 0.6 is 15.9 Å². The summed E-state index contributed by atoms with van der Waals surface area (Å²) in [5.41, 5.74) is 1.67. The number of alkyl halides is 3. The van der Waals surface area contributed by atoms with Crippen molar-refractivity contribution in [2.75, 3.05) is 4.31 Å². The Morgan fingerprint density at radius 1 is 1.15 bits per heavy atom. The highest BCUT2D eigenvalue weighted by Gasteiger charge is 2.54. The summed E-state index contributed by atoms with van der Waals surface area (Å²) < 4.78 is 69.6. The first kappa shape index (κ1) is 18.3. The third-order valence-corrected chi connectivity index (χ3v) is 6.78. The molecule has 1 aliphatic heterocycles. The fraction of sp³-hybridized carbons (Fsp3) is 0.235. The van der Waals surface area contributed by atoms with Crippen molar-refractivity contribution in [3.05, 3.63) is 52.5 Å². The third-order valence-electron chi connectivity index (χ3n) is 4.48. The molecule has 1 aromatic heterocycles. The van der Waals surface area contributed by atoms with E-state index < -0.39 is 28.8 Å². The second-order valence-electron chi connectivity index (χ2n) is 6.33. The highest BCUT2D eigenvalue weighted by atomic mass is 79.9. The zero-order valence-electron chi connectivity index (χ0n) is 13.9. The maximum atomic E-state index is 13.7. The van der Waals surface area contributed by atoms with Gasteiger partial charge < -0.3 is 4.57 Å². The number of rotatable bonds is 2. The SMILES string of the molecule is Cc1ccc(S(=O)(=O)N2c3nc4cc(Br)ccc4n3CC2C(F)(F)F)cc1. The van der Waals surface area contributed by atoms with Crippen LogP contribution in [0.5, 0.6) is 0 Å². The zero-order chi connectivity index (χ0) is 19.6. The Labute approximate surface area is 161 Å².